The number of alkyl carbamates (subject to hydrolysis) is 1. The fraction of sp³-hybridized carbons (Fsp3) is 0.367. The smallest absolute Gasteiger partial charge is 0.419 e. The molecule has 4 rings (SSSR count). The fourth-order valence-corrected chi connectivity index (χ4v) is 5.94. The molecule has 0 saturated carbocycles. The molecule has 12 heteroatoms. The van der Waals surface area contributed by atoms with Crippen LogP contribution in [0.25, 0.3) is 33.1 Å². The Labute approximate surface area is 255 Å². The number of carbonyl (C=O) groups is 2. The third-order valence-corrected chi connectivity index (χ3v) is 7.99. The predicted octanol–water partition coefficient (Wildman–Crippen LogP) is 7.39. The molecule has 0 radical (unpaired) electrons. The second kappa shape index (κ2) is 11.7. The van der Waals surface area contributed by atoms with E-state index in [0.29, 0.717) is 48.7 Å². The Balaban J connectivity index is 1.75. The van der Waals surface area contributed by atoms with Crippen molar-refractivity contribution in [3.05, 3.63) is 64.3 Å². The van der Waals surface area contributed by atoms with Crippen LogP contribution in [0, 0.1) is 0 Å². The summed E-state index contributed by atoms with van der Waals surface area (Å²) in [7, 11) is -3.68. The van der Waals surface area contributed by atoms with Crippen LogP contribution in [-0.4, -0.2) is 53.7 Å². The molecule has 0 fully saturated rings. The van der Waals surface area contributed by atoms with Crippen LogP contribution in [0.3, 0.4) is 0 Å². The number of pyridine rings is 1. The van der Waals surface area contributed by atoms with Gasteiger partial charge in [-0.3, -0.25) is 4.57 Å². The lowest BCUT2D eigenvalue weighted by atomic mass is 10.0. The third-order valence-electron chi connectivity index (χ3n) is 5.95. The molecule has 0 saturated heterocycles. The number of hydrogen-bond acceptors (Lipinski definition) is 7. The zero-order valence-corrected chi connectivity index (χ0v) is 26.6. The lowest BCUT2D eigenvalue weighted by molar-refractivity contribution is 0.0524. The summed E-state index contributed by atoms with van der Waals surface area (Å²) in [6.45, 7) is 10.4. The van der Waals surface area contributed by atoms with E-state index in [0.717, 1.165) is 0 Å². The molecule has 0 aliphatic rings. The average molecular weight is 635 g/mol. The maximum atomic E-state index is 13.2. The van der Waals surface area contributed by atoms with Gasteiger partial charge in [-0.15, -0.1) is 0 Å². The number of aromatic nitrogens is 2. The Morgan fingerprint density at radius 1 is 0.905 bits per heavy atom. The molecule has 42 heavy (non-hydrogen) atoms. The summed E-state index contributed by atoms with van der Waals surface area (Å²) in [6.07, 6.45) is 0.339. The van der Waals surface area contributed by atoms with Crippen molar-refractivity contribution in [3.63, 3.8) is 0 Å². The molecule has 0 bridgehead atoms. The van der Waals surface area contributed by atoms with Crippen molar-refractivity contribution in [1.82, 2.24) is 14.9 Å². The van der Waals surface area contributed by atoms with Gasteiger partial charge in [0, 0.05) is 39.1 Å². The number of nitrogens with one attached hydrogen (secondary N) is 1. The molecule has 2 aromatic carbocycles. The van der Waals surface area contributed by atoms with E-state index in [9.17, 15) is 18.0 Å². The van der Waals surface area contributed by atoms with E-state index in [1.165, 1.54) is 4.57 Å². The molecule has 0 spiro atoms. The van der Waals surface area contributed by atoms with E-state index in [2.05, 4.69) is 5.32 Å². The molecule has 1 amide bonds. The Kier molecular flexibility index (Phi) is 8.83. The second-order valence-electron chi connectivity index (χ2n) is 11.9. The van der Waals surface area contributed by atoms with Gasteiger partial charge < -0.3 is 14.8 Å². The molecule has 0 aliphatic carbocycles. The summed E-state index contributed by atoms with van der Waals surface area (Å²) in [5.41, 5.74) is 1.09. The number of carbonyl (C=O) groups excluding carboxylic acids is 2. The first-order chi connectivity index (χ1) is 19.4. The molecular formula is C30H33Cl2N3O6S. The minimum atomic E-state index is -3.68. The predicted molar refractivity (Wildman–Crippen MR) is 166 cm³/mol. The highest BCUT2D eigenvalue weighted by atomic mass is 35.5. The Morgan fingerprint density at radius 2 is 1.55 bits per heavy atom. The summed E-state index contributed by atoms with van der Waals surface area (Å²) >= 11 is 12.6. The number of amides is 1. The van der Waals surface area contributed by atoms with Crippen molar-refractivity contribution in [2.45, 2.75) is 58.5 Å². The van der Waals surface area contributed by atoms with Gasteiger partial charge >= 0.3 is 12.2 Å². The highest BCUT2D eigenvalue weighted by molar-refractivity contribution is 7.90. The molecule has 2 heterocycles. The van der Waals surface area contributed by atoms with Gasteiger partial charge in [0.05, 0.1) is 28.2 Å². The first-order valence-corrected chi connectivity index (χ1v) is 15.8. The van der Waals surface area contributed by atoms with Crippen molar-refractivity contribution in [1.29, 1.82) is 0 Å². The summed E-state index contributed by atoms with van der Waals surface area (Å²) in [6, 6.07) is 11.8. The number of benzene rings is 2. The van der Waals surface area contributed by atoms with E-state index in [-0.39, 0.29) is 18.1 Å². The molecule has 224 valence electrons. The van der Waals surface area contributed by atoms with E-state index < -0.39 is 33.2 Å². The number of rotatable bonds is 6. The van der Waals surface area contributed by atoms with Crippen LogP contribution in [0.5, 0.6) is 0 Å². The van der Waals surface area contributed by atoms with Crippen LogP contribution < -0.4 is 5.32 Å². The van der Waals surface area contributed by atoms with Crippen LogP contribution in [0.2, 0.25) is 10.0 Å². The summed E-state index contributed by atoms with van der Waals surface area (Å²) in [4.78, 5) is 29.8. The standard InChI is InChI=1S/C30H33Cl2N3O6S/c1-29(2,3)40-27(36)33-11-12-42(38,39)17-18-13-24(34-25-15-20(32)7-9-21(18)25)23-16-35(28(37)41-30(4,5)6)26-10-8-19(31)14-22(23)26/h7-10,13-16H,11-12,17H2,1-6H3,(H,33,36). The normalized spacial score (nSPS) is 12.5. The maximum Gasteiger partial charge on any atom is 0.419 e. The molecule has 9 nitrogen and oxygen atoms in total. The van der Waals surface area contributed by atoms with Crippen molar-refractivity contribution in [2.75, 3.05) is 12.3 Å². The van der Waals surface area contributed by atoms with Gasteiger partial charge in [-0.25, -0.2) is 23.0 Å². The lowest BCUT2D eigenvalue weighted by Crippen LogP contribution is -2.35. The van der Waals surface area contributed by atoms with Crippen LogP contribution in [0.4, 0.5) is 9.59 Å². The Hall–Kier alpha value is -3.34. The van der Waals surface area contributed by atoms with Crippen molar-refractivity contribution >= 4 is 67.0 Å². The van der Waals surface area contributed by atoms with Gasteiger partial charge in [0.25, 0.3) is 0 Å². The van der Waals surface area contributed by atoms with Gasteiger partial charge in [-0.2, -0.15) is 0 Å². The van der Waals surface area contributed by atoms with Crippen LogP contribution >= 0.6 is 23.2 Å². The topological polar surface area (TPSA) is 117 Å². The van der Waals surface area contributed by atoms with Crippen LogP contribution in [0.1, 0.15) is 47.1 Å². The number of ether oxygens (including phenoxy) is 2. The first-order valence-electron chi connectivity index (χ1n) is 13.2. The SMILES string of the molecule is CC(C)(C)OC(=O)NCCS(=O)(=O)Cc1cc(-c2cn(C(=O)OC(C)(C)C)c3ccc(Cl)cc23)nc2cc(Cl)ccc12. The largest absolute Gasteiger partial charge is 0.444 e. The molecule has 2 aromatic heterocycles. The Morgan fingerprint density at radius 3 is 2.21 bits per heavy atom. The molecule has 0 atom stereocenters. The van der Waals surface area contributed by atoms with E-state index in [1.54, 1.807) is 90.2 Å². The zero-order chi connectivity index (χ0) is 31.0. The molecule has 1 N–H and O–H groups in total. The maximum absolute atomic E-state index is 13.2. The van der Waals surface area contributed by atoms with Gasteiger partial charge in [0.2, 0.25) is 0 Å². The average Bonchev–Trinajstić information content (AvgIpc) is 3.20. The lowest BCUT2D eigenvalue weighted by Gasteiger charge is -2.19. The van der Waals surface area contributed by atoms with Crippen molar-refractivity contribution < 1.29 is 27.5 Å². The monoisotopic (exact) mass is 633 g/mol. The number of fused-ring (bicyclic) bond motifs is 2. The van der Waals surface area contributed by atoms with E-state index in [4.69, 9.17) is 37.7 Å². The summed E-state index contributed by atoms with van der Waals surface area (Å²) < 4.78 is 38.5. The number of halogens is 2. The molecular weight excluding hydrogens is 601 g/mol. The third kappa shape index (κ3) is 7.93. The van der Waals surface area contributed by atoms with Crippen molar-refractivity contribution in [2.24, 2.45) is 0 Å². The molecule has 4 aromatic rings. The Bertz CT molecular complexity index is 1790. The van der Waals surface area contributed by atoms with Crippen molar-refractivity contribution in [3.8, 4) is 11.3 Å². The highest BCUT2D eigenvalue weighted by Crippen LogP contribution is 2.35. The fourth-order valence-electron chi connectivity index (χ4n) is 4.33. The van der Waals surface area contributed by atoms with Gasteiger partial charge in [-0.1, -0.05) is 29.3 Å². The quantitative estimate of drug-likeness (QED) is 0.235. The van der Waals surface area contributed by atoms with Gasteiger partial charge in [-0.05, 0) is 83.5 Å². The minimum absolute atomic E-state index is 0.110. The van der Waals surface area contributed by atoms with E-state index >= 15 is 0 Å². The van der Waals surface area contributed by atoms with Crippen LogP contribution in [0.15, 0.2) is 48.7 Å². The minimum Gasteiger partial charge on any atom is -0.444 e. The van der Waals surface area contributed by atoms with Gasteiger partial charge in [0.1, 0.15) is 11.2 Å². The number of hydrogen-bond donors (Lipinski definition) is 1. The van der Waals surface area contributed by atoms with Crippen LogP contribution in [-0.2, 0) is 25.1 Å². The summed E-state index contributed by atoms with van der Waals surface area (Å²) in [5, 5.41) is 4.62. The first kappa shape index (κ1) is 31.6. The molecule has 0 unspecified atom stereocenters. The summed E-state index contributed by atoms with van der Waals surface area (Å²) in [5.74, 6) is -0.616. The zero-order valence-electron chi connectivity index (χ0n) is 24.2. The highest BCUT2D eigenvalue weighted by Gasteiger charge is 2.24. The van der Waals surface area contributed by atoms with E-state index in [1.807, 2.05) is 0 Å². The number of nitrogens with zero attached hydrogens (tertiary/aromatic N) is 2. The molecule has 0 aliphatic heterocycles. The van der Waals surface area contributed by atoms with Gasteiger partial charge in [0.15, 0.2) is 9.84 Å². The number of sulfone groups is 1. The second-order valence-corrected chi connectivity index (χ2v) is 15.0.